The van der Waals surface area contributed by atoms with Gasteiger partial charge in [-0.2, -0.15) is 5.26 Å². The first kappa shape index (κ1) is 7.03. The molecule has 0 aromatic heterocycles. The van der Waals surface area contributed by atoms with Gasteiger partial charge in [-0.3, -0.25) is 0 Å². The van der Waals surface area contributed by atoms with Gasteiger partial charge in [0.25, 0.3) is 0 Å². The van der Waals surface area contributed by atoms with Gasteiger partial charge in [0.05, 0.1) is 6.07 Å². The van der Waals surface area contributed by atoms with Crippen molar-refractivity contribution in [2.45, 2.75) is 24.9 Å². The second-order valence-electron chi connectivity index (χ2n) is 3.04. The highest BCUT2D eigenvalue weighted by molar-refractivity contribution is 7.39. The van der Waals surface area contributed by atoms with E-state index in [9.17, 15) is 0 Å². The standard InChI is InChI=1S/C7H12NP/c1-7(9-2)3-6(4-7)5-8/h6,9H,3-4H2,1-2H3. The van der Waals surface area contributed by atoms with Crippen molar-refractivity contribution in [2.24, 2.45) is 5.92 Å². The van der Waals surface area contributed by atoms with Gasteiger partial charge < -0.3 is 0 Å². The Bertz CT molecular complexity index is 141. The van der Waals surface area contributed by atoms with Gasteiger partial charge in [0, 0.05) is 5.92 Å². The zero-order valence-electron chi connectivity index (χ0n) is 5.94. The summed E-state index contributed by atoms with van der Waals surface area (Å²) < 4.78 is 0. The summed E-state index contributed by atoms with van der Waals surface area (Å²) in [5, 5.41) is 9.01. The second-order valence-corrected chi connectivity index (χ2v) is 4.75. The minimum Gasteiger partial charge on any atom is -0.198 e. The highest BCUT2D eigenvalue weighted by Gasteiger charge is 2.38. The molecule has 0 N–H and O–H groups in total. The molecule has 1 nitrogen and oxygen atoms in total. The third kappa shape index (κ3) is 1.25. The zero-order valence-corrected chi connectivity index (χ0v) is 6.94. The number of nitriles is 1. The topological polar surface area (TPSA) is 23.8 Å². The van der Waals surface area contributed by atoms with Gasteiger partial charge in [0.1, 0.15) is 0 Å². The molecule has 0 spiro atoms. The first-order valence-electron chi connectivity index (χ1n) is 3.29. The first-order valence-corrected chi connectivity index (χ1v) is 4.79. The SMILES string of the molecule is CPC1(C)CC(C#N)C1. The fourth-order valence-electron chi connectivity index (χ4n) is 1.32. The van der Waals surface area contributed by atoms with Crippen molar-refractivity contribution in [3.63, 3.8) is 0 Å². The fraction of sp³-hybridized carbons (Fsp3) is 0.857. The summed E-state index contributed by atoms with van der Waals surface area (Å²) in [7, 11) is 1.01. The van der Waals surface area contributed by atoms with Crippen LogP contribution in [0.4, 0.5) is 0 Å². The number of nitrogens with zero attached hydrogens (tertiary/aromatic N) is 1. The van der Waals surface area contributed by atoms with Crippen molar-refractivity contribution in [2.75, 3.05) is 6.66 Å². The summed E-state index contributed by atoms with van der Waals surface area (Å²) in [6.45, 7) is 4.51. The molecule has 1 aliphatic rings. The lowest BCUT2D eigenvalue weighted by molar-refractivity contribution is 0.306. The average Bonchev–Trinajstić information content (AvgIpc) is 1.81. The molecule has 0 aliphatic heterocycles. The van der Waals surface area contributed by atoms with E-state index in [0.29, 0.717) is 11.1 Å². The normalized spacial score (nSPS) is 42.6. The van der Waals surface area contributed by atoms with Crippen molar-refractivity contribution >= 4 is 8.58 Å². The van der Waals surface area contributed by atoms with Crippen LogP contribution in [0.1, 0.15) is 19.8 Å². The molecule has 1 rings (SSSR count). The lowest BCUT2D eigenvalue weighted by Crippen LogP contribution is -2.35. The molecule has 0 aromatic carbocycles. The quantitative estimate of drug-likeness (QED) is 0.512. The molecule has 0 heterocycles. The molecule has 9 heavy (non-hydrogen) atoms. The van der Waals surface area contributed by atoms with E-state index in [1.54, 1.807) is 0 Å². The molecule has 0 amide bonds. The Morgan fingerprint density at radius 1 is 1.67 bits per heavy atom. The van der Waals surface area contributed by atoms with Crippen molar-refractivity contribution < 1.29 is 0 Å². The number of hydrogen-bond acceptors (Lipinski definition) is 1. The molecule has 0 bridgehead atoms. The maximum absolute atomic E-state index is 8.47. The first-order chi connectivity index (χ1) is 4.20. The van der Waals surface area contributed by atoms with E-state index in [1.807, 2.05) is 0 Å². The maximum atomic E-state index is 8.47. The monoisotopic (exact) mass is 141 g/mol. The van der Waals surface area contributed by atoms with Gasteiger partial charge >= 0.3 is 0 Å². The predicted molar refractivity (Wildman–Crippen MR) is 41.0 cm³/mol. The number of rotatable bonds is 1. The van der Waals surface area contributed by atoms with Crippen LogP contribution in [0.2, 0.25) is 0 Å². The third-order valence-corrected chi connectivity index (χ3v) is 3.80. The Balaban J connectivity index is 2.34. The Hall–Kier alpha value is -0.0800. The van der Waals surface area contributed by atoms with Gasteiger partial charge in [0.2, 0.25) is 0 Å². The molecule has 0 aromatic rings. The molecule has 1 atom stereocenters. The minimum absolute atomic E-state index is 0.377. The Labute approximate surface area is 58.2 Å². The van der Waals surface area contributed by atoms with E-state index in [4.69, 9.17) is 5.26 Å². The molecule has 1 unspecified atom stereocenters. The van der Waals surface area contributed by atoms with Gasteiger partial charge in [-0.05, 0) is 24.7 Å². The van der Waals surface area contributed by atoms with Crippen LogP contribution in [0.3, 0.4) is 0 Å². The molecule has 1 aliphatic carbocycles. The molecule has 1 saturated carbocycles. The zero-order chi connectivity index (χ0) is 6.91. The van der Waals surface area contributed by atoms with Crippen molar-refractivity contribution in [1.82, 2.24) is 0 Å². The van der Waals surface area contributed by atoms with E-state index in [1.165, 1.54) is 0 Å². The van der Waals surface area contributed by atoms with Crippen LogP contribution in [-0.4, -0.2) is 11.8 Å². The summed E-state index contributed by atoms with van der Waals surface area (Å²) in [5.41, 5.74) is 0. The van der Waals surface area contributed by atoms with Gasteiger partial charge in [0.15, 0.2) is 0 Å². The van der Waals surface area contributed by atoms with Crippen molar-refractivity contribution in [3.05, 3.63) is 0 Å². The van der Waals surface area contributed by atoms with Crippen LogP contribution < -0.4 is 0 Å². The van der Waals surface area contributed by atoms with Crippen LogP contribution >= 0.6 is 8.58 Å². The Morgan fingerprint density at radius 3 is 2.56 bits per heavy atom. The van der Waals surface area contributed by atoms with Gasteiger partial charge in [-0.1, -0.05) is 6.92 Å². The largest absolute Gasteiger partial charge is 0.198 e. The maximum Gasteiger partial charge on any atom is 0.0656 e. The summed E-state index contributed by atoms with van der Waals surface area (Å²) in [6, 6.07) is 2.30. The van der Waals surface area contributed by atoms with Crippen LogP contribution in [0, 0.1) is 17.2 Å². The molecule has 50 valence electrons. The Kier molecular flexibility index (Phi) is 1.78. The smallest absolute Gasteiger partial charge is 0.0656 e. The highest BCUT2D eigenvalue weighted by atomic mass is 31.1. The predicted octanol–water partition coefficient (Wildman–Crippen LogP) is 1.99. The van der Waals surface area contributed by atoms with E-state index in [-0.39, 0.29) is 0 Å². The van der Waals surface area contributed by atoms with Crippen LogP contribution in [0.5, 0.6) is 0 Å². The highest BCUT2D eigenvalue weighted by Crippen LogP contribution is 2.49. The van der Waals surface area contributed by atoms with Gasteiger partial charge in [-0.15, -0.1) is 8.58 Å². The van der Waals surface area contributed by atoms with Crippen LogP contribution in [0.25, 0.3) is 0 Å². The van der Waals surface area contributed by atoms with Gasteiger partial charge in [-0.25, -0.2) is 0 Å². The molecular weight excluding hydrogens is 129 g/mol. The van der Waals surface area contributed by atoms with E-state index >= 15 is 0 Å². The van der Waals surface area contributed by atoms with Crippen LogP contribution in [0.15, 0.2) is 0 Å². The average molecular weight is 141 g/mol. The summed E-state index contributed by atoms with van der Waals surface area (Å²) in [5.74, 6) is 0.377. The summed E-state index contributed by atoms with van der Waals surface area (Å²) in [6.07, 6.45) is 2.27. The molecular formula is C7H12NP. The van der Waals surface area contributed by atoms with E-state index in [2.05, 4.69) is 19.7 Å². The van der Waals surface area contributed by atoms with E-state index in [0.717, 1.165) is 21.4 Å². The van der Waals surface area contributed by atoms with Crippen molar-refractivity contribution in [1.29, 1.82) is 5.26 Å². The van der Waals surface area contributed by atoms with Crippen molar-refractivity contribution in [3.8, 4) is 6.07 Å². The lowest BCUT2D eigenvalue weighted by Gasteiger charge is -2.41. The Morgan fingerprint density at radius 2 is 2.22 bits per heavy atom. The second kappa shape index (κ2) is 2.27. The molecule has 0 saturated heterocycles. The van der Waals surface area contributed by atoms with E-state index < -0.39 is 0 Å². The molecule has 2 heteroatoms. The lowest BCUT2D eigenvalue weighted by atomic mass is 9.76. The number of hydrogen-bond donors (Lipinski definition) is 0. The fourth-order valence-corrected chi connectivity index (χ4v) is 2.22. The third-order valence-electron chi connectivity index (χ3n) is 2.18. The molecule has 1 fully saturated rings. The summed E-state index contributed by atoms with van der Waals surface area (Å²) >= 11 is 0. The summed E-state index contributed by atoms with van der Waals surface area (Å²) in [4.78, 5) is 0. The van der Waals surface area contributed by atoms with Crippen LogP contribution in [-0.2, 0) is 0 Å². The molecule has 0 radical (unpaired) electrons. The minimum atomic E-state index is 0.377.